The van der Waals surface area contributed by atoms with Gasteiger partial charge in [-0.25, -0.2) is 0 Å². The number of hydrogen-bond acceptors (Lipinski definition) is 2. The van der Waals surface area contributed by atoms with Crippen LogP contribution in [0.4, 0.5) is 0 Å². The van der Waals surface area contributed by atoms with Crippen LogP contribution < -0.4 is 5.32 Å². The van der Waals surface area contributed by atoms with E-state index in [1.54, 1.807) is 0 Å². The summed E-state index contributed by atoms with van der Waals surface area (Å²) in [7, 11) is 0. The molecule has 0 unspecified atom stereocenters. The number of ether oxygens (including phenoxy) is 1. The smallest absolute Gasteiger partial charge is 0.169 e. The van der Waals surface area contributed by atoms with E-state index in [1.165, 1.54) is 0 Å². The van der Waals surface area contributed by atoms with Crippen molar-refractivity contribution < 1.29 is 4.74 Å². The lowest BCUT2D eigenvalue weighted by Gasteiger charge is -2.24. The van der Waals surface area contributed by atoms with Crippen LogP contribution in [0.1, 0.15) is 27.7 Å². The number of nitrogens with zero attached hydrogens (tertiary/aromatic N) is 1. The van der Waals surface area contributed by atoms with Crippen molar-refractivity contribution in [3.63, 3.8) is 0 Å². The zero-order chi connectivity index (χ0) is 11.7. The molecule has 15 heavy (non-hydrogen) atoms. The van der Waals surface area contributed by atoms with Crippen molar-refractivity contribution in [1.29, 1.82) is 0 Å². The van der Waals surface area contributed by atoms with Crippen molar-refractivity contribution in [2.75, 3.05) is 32.8 Å². The second-order valence-corrected chi connectivity index (χ2v) is 4.24. The van der Waals surface area contributed by atoms with E-state index in [1.807, 2.05) is 6.92 Å². The van der Waals surface area contributed by atoms with Crippen LogP contribution in [0.5, 0.6) is 0 Å². The molecule has 90 valence electrons. The molecule has 0 aromatic heterocycles. The number of hydrogen-bond donors (Lipinski definition) is 1. The third-order valence-corrected chi connectivity index (χ3v) is 2.44. The van der Waals surface area contributed by atoms with Crippen LogP contribution in [0.15, 0.2) is 0 Å². The normalized spacial score (nSPS) is 10.5. The first-order valence-corrected chi connectivity index (χ1v) is 6.13. The standard InChI is InChI=1S/C11H24N2OS/c1-5-13(7-8-14-6-2)11(15)12-9-10(3)4/h10H,5-9H2,1-4H3,(H,12,15). The van der Waals surface area contributed by atoms with E-state index >= 15 is 0 Å². The second-order valence-electron chi connectivity index (χ2n) is 3.86. The lowest BCUT2D eigenvalue weighted by Crippen LogP contribution is -2.42. The lowest BCUT2D eigenvalue weighted by molar-refractivity contribution is 0.133. The zero-order valence-corrected chi connectivity index (χ0v) is 11.2. The van der Waals surface area contributed by atoms with Gasteiger partial charge in [-0.2, -0.15) is 0 Å². The van der Waals surface area contributed by atoms with Gasteiger partial charge in [0, 0.05) is 26.2 Å². The maximum absolute atomic E-state index is 5.31. The highest BCUT2D eigenvalue weighted by atomic mass is 32.1. The van der Waals surface area contributed by atoms with E-state index in [2.05, 4.69) is 31.0 Å². The molecule has 0 bridgehead atoms. The van der Waals surface area contributed by atoms with Crippen LogP contribution in [0.3, 0.4) is 0 Å². The predicted molar refractivity (Wildman–Crippen MR) is 69.2 cm³/mol. The Kier molecular flexibility index (Phi) is 8.71. The predicted octanol–water partition coefficient (Wildman–Crippen LogP) is 1.88. The minimum Gasteiger partial charge on any atom is -0.380 e. The quantitative estimate of drug-likeness (QED) is 0.535. The van der Waals surface area contributed by atoms with Crippen LogP contribution >= 0.6 is 12.2 Å². The summed E-state index contributed by atoms with van der Waals surface area (Å²) < 4.78 is 5.31. The number of nitrogens with one attached hydrogen (secondary N) is 1. The van der Waals surface area contributed by atoms with Crippen molar-refractivity contribution >= 4 is 17.3 Å². The van der Waals surface area contributed by atoms with Gasteiger partial charge in [0.05, 0.1) is 6.61 Å². The summed E-state index contributed by atoms with van der Waals surface area (Å²) in [5.41, 5.74) is 0. The molecule has 0 fully saturated rings. The topological polar surface area (TPSA) is 24.5 Å². The van der Waals surface area contributed by atoms with Gasteiger partial charge in [-0.1, -0.05) is 13.8 Å². The molecule has 0 saturated carbocycles. The van der Waals surface area contributed by atoms with Gasteiger partial charge in [-0.15, -0.1) is 0 Å². The fourth-order valence-electron chi connectivity index (χ4n) is 1.13. The van der Waals surface area contributed by atoms with Crippen molar-refractivity contribution in [2.24, 2.45) is 5.92 Å². The molecule has 0 aliphatic rings. The molecule has 4 heteroatoms. The monoisotopic (exact) mass is 232 g/mol. The molecule has 0 rings (SSSR count). The van der Waals surface area contributed by atoms with Crippen LogP contribution in [0.2, 0.25) is 0 Å². The first-order chi connectivity index (χ1) is 7.11. The number of rotatable bonds is 7. The van der Waals surface area contributed by atoms with E-state index in [-0.39, 0.29) is 0 Å². The summed E-state index contributed by atoms with van der Waals surface area (Å²) >= 11 is 5.30. The minimum atomic E-state index is 0.619. The number of thiocarbonyl (C=S) groups is 1. The fraction of sp³-hybridized carbons (Fsp3) is 0.909. The van der Waals surface area contributed by atoms with Gasteiger partial charge in [-0.3, -0.25) is 0 Å². The summed E-state index contributed by atoms with van der Waals surface area (Å²) in [6.45, 7) is 12.7. The molecule has 0 spiro atoms. The molecule has 0 heterocycles. The zero-order valence-electron chi connectivity index (χ0n) is 10.4. The van der Waals surface area contributed by atoms with E-state index in [4.69, 9.17) is 17.0 Å². The largest absolute Gasteiger partial charge is 0.380 e. The molecule has 1 N–H and O–H groups in total. The molecule has 0 saturated heterocycles. The van der Waals surface area contributed by atoms with Crippen LogP contribution in [0, 0.1) is 5.92 Å². The van der Waals surface area contributed by atoms with E-state index in [0.717, 1.165) is 38.0 Å². The Labute approximate surface area is 99.2 Å². The van der Waals surface area contributed by atoms with Crippen molar-refractivity contribution in [3.05, 3.63) is 0 Å². The van der Waals surface area contributed by atoms with E-state index in [0.29, 0.717) is 5.92 Å². The highest BCUT2D eigenvalue weighted by molar-refractivity contribution is 7.80. The summed E-state index contributed by atoms with van der Waals surface area (Å²) in [5.74, 6) is 0.619. The molecule has 0 aromatic rings. The van der Waals surface area contributed by atoms with Gasteiger partial charge in [0.2, 0.25) is 0 Å². The van der Waals surface area contributed by atoms with Crippen LogP contribution in [-0.2, 0) is 4.74 Å². The maximum Gasteiger partial charge on any atom is 0.169 e. The van der Waals surface area contributed by atoms with Crippen LogP contribution in [0.25, 0.3) is 0 Å². The third kappa shape index (κ3) is 7.56. The van der Waals surface area contributed by atoms with Gasteiger partial charge >= 0.3 is 0 Å². The first-order valence-electron chi connectivity index (χ1n) is 5.72. The molecular formula is C11H24N2OS. The van der Waals surface area contributed by atoms with Crippen molar-refractivity contribution in [3.8, 4) is 0 Å². The SMILES string of the molecule is CCOCCN(CC)C(=S)NCC(C)C. The van der Waals surface area contributed by atoms with E-state index < -0.39 is 0 Å². The van der Waals surface area contributed by atoms with Crippen molar-refractivity contribution in [2.45, 2.75) is 27.7 Å². The Morgan fingerprint density at radius 2 is 2.07 bits per heavy atom. The Morgan fingerprint density at radius 1 is 1.40 bits per heavy atom. The van der Waals surface area contributed by atoms with E-state index in [9.17, 15) is 0 Å². The summed E-state index contributed by atoms with van der Waals surface area (Å²) in [4.78, 5) is 2.13. The average molecular weight is 232 g/mol. The molecule has 0 aliphatic heterocycles. The van der Waals surface area contributed by atoms with Gasteiger partial charge in [0.25, 0.3) is 0 Å². The Balaban J connectivity index is 3.77. The number of likely N-dealkylation sites (N-methyl/N-ethyl adjacent to an activating group) is 1. The van der Waals surface area contributed by atoms with Gasteiger partial charge in [0.1, 0.15) is 0 Å². The molecule has 0 aliphatic carbocycles. The lowest BCUT2D eigenvalue weighted by atomic mass is 10.2. The first kappa shape index (κ1) is 14.6. The molecular weight excluding hydrogens is 208 g/mol. The van der Waals surface area contributed by atoms with Gasteiger partial charge < -0.3 is 15.0 Å². The highest BCUT2D eigenvalue weighted by Gasteiger charge is 2.06. The molecule has 0 aromatic carbocycles. The fourth-order valence-corrected chi connectivity index (χ4v) is 1.43. The molecule has 0 atom stereocenters. The minimum absolute atomic E-state index is 0.619. The second kappa shape index (κ2) is 8.92. The average Bonchev–Trinajstić information content (AvgIpc) is 2.21. The maximum atomic E-state index is 5.31. The summed E-state index contributed by atoms with van der Waals surface area (Å²) in [6.07, 6.45) is 0. The summed E-state index contributed by atoms with van der Waals surface area (Å²) in [6, 6.07) is 0. The molecule has 3 nitrogen and oxygen atoms in total. The highest BCUT2D eigenvalue weighted by Crippen LogP contribution is 1.93. The van der Waals surface area contributed by atoms with Gasteiger partial charge in [0.15, 0.2) is 5.11 Å². The van der Waals surface area contributed by atoms with Gasteiger partial charge in [-0.05, 0) is 32.0 Å². The van der Waals surface area contributed by atoms with Crippen molar-refractivity contribution in [1.82, 2.24) is 10.2 Å². The Bertz CT molecular complexity index is 174. The summed E-state index contributed by atoms with van der Waals surface area (Å²) in [5, 5.41) is 4.10. The molecule has 0 radical (unpaired) electrons. The Morgan fingerprint density at radius 3 is 2.53 bits per heavy atom. The molecule has 0 amide bonds. The third-order valence-electron chi connectivity index (χ3n) is 2.04. The Hall–Kier alpha value is -0.350. The van der Waals surface area contributed by atoms with Crippen LogP contribution in [-0.4, -0.2) is 42.9 Å².